The second-order valence-corrected chi connectivity index (χ2v) is 5.70. The molecule has 24 heavy (non-hydrogen) atoms. The highest BCUT2D eigenvalue weighted by Crippen LogP contribution is 2.27. The average molecular weight is 329 g/mol. The molecule has 2 atom stereocenters. The van der Waals surface area contributed by atoms with Crippen molar-refractivity contribution in [2.75, 3.05) is 20.3 Å². The summed E-state index contributed by atoms with van der Waals surface area (Å²) in [6.45, 7) is 2.73. The van der Waals surface area contributed by atoms with E-state index < -0.39 is 0 Å². The van der Waals surface area contributed by atoms with Gasteiger partial charge in [-0.3, -0.25) is 9.59 Å². The summed E-state index contributed by atoms with van der Waals surface area (Å²) in [6, 6.07) is 10.6. The molecule has 0 spiro atoms. The Balaban J connectivity index is 1.92. The number of rotatable bonds is 3. The van der Waals surface area contributed by atoms with Gasteiger partial charge in [0.05, 0.1) is 25.9 Å². The highest BCUT2D eigenvalue weighted by molar-refractivity contribution is 5.91. The van der Waals surface area contributed by atoms with Crippen LogP contribution in [0.2, 0.25) is 0 Å². The molecular formula is C18H19NO5. The maximum atomic E-state index is 12.9. The summed E-state index contributed by atoms with van der Waals surface area (Å²) in [6.07, 6.45) is 1.08. The molecule has 1 saturated heterocycles. The molecular weight excluding hydrogens is 310 g/mol. The van der Waals surface area contributed by atoms with Crippen molar-refractivity contribution in [2.24, 2.45) is 0 Å². The fourth-order valence-corrected chi connectivity index (χ4v) is 2.78. The van der Waals surface area contributed by atoms with Gasteiger partial charge in [-0.1, -0.05) is 30.3 Å². The van der Waals surface area contributed by atoms with Crippen molar-refractivity contribution < 1.29 is 18.7 Å². The van der Waals surface area contributed by atoms with Crippen LogP contribution in [-0.4, -0.2) is 37.2 Å². The van der Waals surface area contributed by atoms with Gasteiger partial charge in [0.25, 0.3) is 5.91 Å². The van der Waals surface area contributed by atoms with E-state index in [0.29, 0.717) is 13.2 Å². The number of ether oxygens (including phenoxy) is 2. The van der Waals surface area contributed by atoms with Crippen molar-refractivity contribution in [3.05, 3.63) is 64.2 Å². The van der Waals surface area contributed by atoms with Gasteiger partial charge in [0.2, 0.25) is 11.2 Å². The molecule has 126 valence electrons. The summed E-state index contributed by atoms with van der Waals surface area (Å²) in [7, 11) is 1.38. The van der Waals surface area contributed by atoms with Crippen LogP contribution in [0.5, 0.6) is 5.75 Å². The smallest absolute Gasteiger partial charge is 0.290 e. The number of nitrogens with zero attached hydrogens (tertiary/aromatic N) is 1. The van der Waals surface area contributed by atoms with E-state index in [-0.39, 0.29) is 35.0 Å². The number of hydrogen-bond donors (Lipinski definition) is 0. The van der Waals surface area contributed by atoms with Gasteiger partial charge in [0.15, 0.2) is 5.76 Å². The summed E-state index contributed by atoms with van der Waals surface area (Å²) < 4.78 is 15.9. The SMILES string of the molecule is COc1coc(C(=O)N2C[C@@H](C)OC[C@@H]2c2ccccc2)cc1=O. The molecule has 0 radical (unpaired) electrons. The van der Waals surface area contributed by atoms with Gasteiger partial charge in [0.1, 0.15) is 6.26 Å². The maximum absolute atomic E-state index is 12.9. The van der Waals surface area contributed by atoms with Gasteiger partial charge in [-0.15, -0.1) is 0 Å². The van der Waals surface area contributed by atoms with Gasteiger partial charge in [-0.25, -0.2) is 0 Å². The molecule has 3 rings (SSSR count). The Hall–Kier alpha value is -2.60. The van der Waals surface area contributed by atoms with Crippen molar-refractivity contribution in [3.8, 4) is 5.75 Å². The fraction of sp³-hybridized carbons (Fsp3) is 0.333. The van der Waals surface area contributed by atoms with Crippen molar-refractivity contribution in [1.82, 2.24) is 4.90 Å². The Morgan fingerprint density at radius 1 is 1.29 bits per heavy atom. The molecule has 6 nitrogen and oxygen atoms in total. The van der Waals surface area contributed by atoms with Crippen LogP contribution >= 0.6 is 0 Å². The minimum Gasteiger partial charge on any atom is -0.490 e. The Kier molecular flexibility index (Phi) is 4.66. The molecule has 1 aromatic heterocycles. The molecule has 2 aromatic rings. The molecule has 6 heteroatoms. The Labute approximate surface area is 139 Å². The summed E-state index contributed by atoms with van der Waals surface area (Å²) in [5.41, 5.74) is 0.596. The van der Waals surface area contributed by atoms with Crippen molar-refractivity contribution >= 4 is 5.91 Å². The van der Waals surface area contributed by atoms with Crippen LogP contribution in [-0.2, 0) is 4.74 Å². The van der Waals surface area contributed by atoms with Crippen LogP contribution in [0.3, 0.4) is 0 Å². The second-order valence-electron chi connectivity index (χ2n) is 5.70. The molecule has 1 aliphatic rings. The lowest BCUT2D eigenvalue weighted by molar-refractivity contribution is -0.0457. The molecule has 0 bridgehead atoms. The van der Waals surface area contributed by atoms with E-state index in [2.05, 4.69) is 0 Å². The molecule has 1 aliphatic heterocycles. The third kappa shape index (κ3) is 3.19. The van der Waals surface area contributed by atoms with E-state index >= 15 is 0 Å². The van der Waals surface area contributed by atoms with Crippen LogP contribution in [0.25, 0.3) is 0 Å². The first-order valence-electron chi connectivity index (χ1n) is 7.74. The quantitative estimate of drug-likeness (QED) is 0.864. The molecule has 0 aliphatic carbocycles. The molecule has 0 N–H and O–H groups in total. The van der Waals surface area contributed by atoms with Gasteiger partial charge in [-0.2, -0.15) is 0 Å². The average Bonchev–Trinajstić information content (AvgIpc) is 2.61. The van der Waals surface area contributed by atoms with Gasteiger partial charge in [0, 0.05) is 12.6 Å². The topological polar surface area (TPSA) is 69.0 Å². The number of morpholine rings is 1. The number of methoxy groups -OCH3 is 1. The molecule has 1 aromatic carbocycles. The third-order valence-electron chi connectivity index (χ3n) is 4.04. The molecule has 1 amide bonds. The Morgan fingerprint density at radius 2 is 2.04 bits per heavy atom. The van der Waals surface area contributed by atoms with E-state index in [4.69, 9.17) is 13.9 Å². The number of benzene rings is 1. The lowest BCUT2D eigenvalue weighted by Gasteiger charge is -2.38. The predicted molar refractivity (Wildman–Crippen MR) is 87.2 cm³/mol. The minimum absolute atomic E-state index is 0.00386. The number of hydrogen-bond acceptors (Lipinski definition) is 5. The summed E-state index contributed by atoms with van der Waals surface area (Å²) in [4.78, 5) is 26.5. The maximum Gasteiger partial charge on any atom is 0.290 e. The second kappa shape index (κ2) is 6.88. The molecule has 0 unspecified atom stereocenters. The highest BCUT2D eigenvalue weighted by Gasteiger charge is 2.33. The van der Waals surface area contributed by atoms with Gasteiger partial charge >= 0.3 is 0 Å². The zero-order chi connectivity index (χ0) is 17.1. The van der Waals surface area contributed by atoms with Crippen LogP contribution < -0.4 is 10.2 Å². The first-order chi connectivity index (χ1) is 11.6. The summed E-state index contributed by atoms with van der Waals surface area (Å²) in [5, 5.41) is 0. The molecule has 2 heterocycles. The first kappa shape index (κ1) is 16.3. The van der Waals surface area contributed by atoms with Crippen molar-refractivity contribution in [1.29, 1.82) is 0 Å². The van der Waals surface area contributed by atoms with Gasteiger partial charge in [-0.05, 0) is 12.5 Å². The van der Waals surface area contributed by atoms with E-state index in [0.717, 1.165) is 11.8 Å². The van der Waals surface area contributed by atoms with E-state index in [1.165, 1.54) is 13.2 Å². The number of carbonyl (C=O) groups excluding carboxylic acids is 1. The Bertz CT molecular complexity index is 770. The van der Waals surface area contributed by atoms with E-state index in [9.17, 15) is 9.59 Å². The monoisotopic (exact) mass is 329 g/mol. The normalized spacial score (nSPS) is 20.7. The third-order valence-corrected chi connectivity index (χ3v) is 4.04. The van der Waals surface area contributed by atoms with Crippen molar-refractivity contribution in [2.45, 2.75) is 19.1 Å². The number of carbonyl (C=O) groups is 1. The largest absolute Gasteiger partial charge is 0.490 e. The van der Waals surface area contributed by atoms with Crippen LogP contribution in [0.1, 0.15) is 29.1 Å². The Morgan fingerprint density at radius 3 is 2.71 bits per heavy atom. The van der Waals surface area contributed by atoms with Gasteiger partial charge < -0.3 is 18.8 Å². The predicted octanol–water partition coefficient (Wildman–Crippen LogP) is 2.25. The lowest BCUT2D eigenvalue weighted by Crippen LogP contribution is -2.46. The molecule has 1 fully saturated rings. The van der Waals surface area contributed by atoms with Crippen LogP contribution in [0, 0.1) is 0 Å². The zero-order valence-electron chi connectivity index (χ0n) is 13.6. The van der Waals surface area contributed by atoms with Crippen LogP contribution in [0.4, 0.5) is 0 Å². The van der Waals surface area contributed by atoms with Crippen molar-refractivity contribution in [3.63, 3.8) is 0 Å². The van der Waals surface area contributed by atoms with E-state index in [1.807, 2.05) is 37.3 Å². The standard InChI is InChI=1S/C18H19NO5/c1-12-9-19(14(10-23-12)13-6-4-3-5-7-13)18(21)16-8-15(20)17(22-2)11-24-16/h3-8,11-12,14H,9-10H2,1-2H3/t12-,14-/m1/s1. The fourth-order valence-electron chi connectivity index (χ4n) is 2.78. The lowest BCUT2D eigenvalue weighted by atomic mass is 10.0. The summed E-state index contributed by atoms with van der Waals surface area (Å²) in [5.74, 6) is -0.268. The summed E-state index contributed by atoms with van der Waals surface area (Å²) >= 11 is 0. The number of amides is 1. The van der Waals surface area contributed by atoms with E-state index in [1.54, 1.807) is 4.90 Å². The highest BCUT2D eigenvalue weighted by atomic mass is 16.5. The first-order valence-corrected chi connectivity index (χ1v) is 7.74. The zero-order valence-corrected chi connectivity index (χ0v) is 13.6. The minimum atomic E-state index is -0.385. The van der Waals surface area contributed by atoms with Crippen LogP contribution in [0.15, 0.2) is 51.9 Å². The molecule has 0 saturated carbocycles.